The number of para-hydroxylation sites is 1. The van der Waals surface area contributed by atoms with Gasteiger partial charge in [0.15, 0.2) is 0 Å². The number of carbonyl (C=O) groups excluding carboxylic acids is 2. The summed E-state index contributed by atoms with van der Waals surface area (Å²) in [5, 5.41) is 12.6. The number of hydrogen-bond donors (Lipinski definition) is 1. The molecule has 0 bridgehead atoms. The van der Waals surface area contributed by atoms with Gasteiger partial charge in [0, 0.05) is 17.7 Å². The number of rotatable bonds is 10. The molecular formula is C19H28N2O7. The number of hydrogen-bond acceptors (Lipinski definition) is 7. The zero-order valence-electron chi connectivity index (χ0n) is 16.7. The summed E-state index contributed by atoms with van der Waals surface area (Å²) in [6, 6.07) is 6.49. The van der Waals surface area contributed by atoms with Crippen molar-refractivity contribution >= 4 is 17.7 Å². The van der Waals surface area contributed by atoms with Crippen molar-refractivity contribution < 1.29 is 29.0 Å². The van der Waals surface area contributed by atoms with Crippen LogP contribution >= 0.6 is 0 Å². The van der Waals surface area contributed by atoms with Crippen molar-refractivity contribution in [1.82, 2.24) is 0 Å². The Bertz CT molecular complexity index is 670. The standard InChI is InChI=1S/C19H28N2O7/c1-5-6-13-26-17(22)12-11-16(28-21(24)25)14-9-7-8-10-15(14)20-18(23)27-19(2,3)4/h7-10,16H,5-6,11-13H2,1-4H3,(H,20,23). The molecule has 0 saturated carbocycles. The van der Waals surface area contributed by atoms with E-state index in [1.54, 1.807) is 45.0 Å². The number of unbranched alkanes of at least 4 members (excludes halogenated alkanes) is 1. The molecule has 156 valence electrons. The highest BCUT2D eigenvalue weighted by Crippen LogP contribution is 2.30. The molecule has 1 aromatic rings. The quantitative estimate of drug-likeness (QED) is 0.269. The van der Waals surface area contributed by atoms with Gasteiger partial charge in [-0.3, -0.25) is 10.1 Å². The van der Waals surface area contributed by atoms with E-state index in [1.807, 2.05) is 6.92 Å². The van der Waals surface area contributed by atoms with Crippen molar-refractivity contribution in [3.8, 4) is 0 Å². The van der Waals surface area contributed by atoms with E-state index in [1.165, 1.54) is 0 Å². The van der Waals surface area contributed by atoms with Crippen LogP contribution in [0, 0.1) is 10.1 Å². The van der Waals surface area contributed by atoms with Gasteiger partial charge in [0.05, 0.1) is 6.61 Å². The summed E-state index contributed by atoms with van der Waals surface area (Å²) >= 11 is 0. The molecule has 0 aliphatic rings. The number of esters is 1. The van der Waals surface area contributed by atoms with Crippen LogP contribution in [-0.4, -0.2) is 29.4 Å². The monoisotopic (exact) mass is 396 g/mol. The zero-order valence-corrected chi connectivity index (χ0v) is 16.7. The van der Waals surface area contributed by atoms with Gasteiger partial charge in [0.2, 0.25) is 0 Å². The third-order valence-electron chi connectivity index (χ3n) is 3.53. The van der Waals surface area contributed by atoms with Crippen LogP contribution in [0.15, 0.2) is 24.3 Å². The molecular weight excluding hydrogens is 368 g/mol. The Kier molecular flexibility index (Phi) is 9.20. The molecule has 1 atom stereocenters. The van der Waals surface area contributed by atoms with Gasteiger partial charge in [-0.15, -0.1) is 10.1 Å². The van der Waals surface area contributed by atoms with E-state index in [-0.39, 0.29) is 12.8 Å². The van der Waals surface area contributed by atoms with Crippen molar-refractivity contribution in [2.75, 3.05) is 11.9 Å². The topological polar surface area (TPSA) is 117 Å². The fourth-order valence-electron chi connectivity index (χ4n) is 2.33. The molecule has 0 saturated heterocycles. The van der Waals surface area contributed by atoms with Crippen LogP contribution in [-0.2, 0) is 19.1 Å². The molecule has 28 heavy (non-hydrogen) atoms. The van der Waals surface area contributed by atoms with Gasteiger partial charge in [0.1, 0.15) is 11.7 Å². The molecule has 1 aromatic carbocycles. The average molecular weight is 396 g/mol. The molecule has 9 heteroatoms. The van der Waals surface area contributed by atoms with Gasteiger partial charge < -0.3 is 14.3 Å². The smallest absolute Gasteiger partial charge is 0.412 e. The number of nitrogens with zero attached hydrogens (tertiary/aromatic N) is 1. The van der Waals surface area contributed by atoms with Crippen LogP contribution in [0.5, 0.6) is 0 Å². The minimum absolute atomic E-state index is 0.0267. The Morgan fingerprint density at radius 1 is 1.25 bits per heavy atom. The fraction of sp³-hybridized carbons (Fsp3) is 0.579. The summed E-state index contributed by atoms with van der Waals surface area (Å²) in [7, 11) is 0. The Labute approximate surface area is 164 Å². The summed E-state index contributed by atoms with van der Waals surface area (Å²) in [5.41, 5.74) is -0.0211. The van der Waals surface area contributed by atoms with Crippen LogP contribution < -0.4 is 5.32 Å². The number of benzene rings is 1. The minimum atomic E-state index is -1.04. The van der Waals surface area contributed by atoms with Crippen LogP contribution in [0.1, 0.15) is 65.0 Å². The largest absolute Gasteiger partial charge is 0.466 e. The summed E-state index contributed by atoms with van der Waals surface area (Å²) < 4.78 is 10.3. The van der Waals surface area contributed by atoms with Crippen molar-refractivity contribution in [1.29, 1.82) is 0 Å². The summed E-state index contributed by atoms with van der Waals surface area (Å²) in [5.74, 6) is -0.456. The predicted molar refractivity (Wildman–Crippen MR) is 102 cm³/mol. The maximum absolute atomic E-state index is 12.1. The van der Waals surface area contributed by atoms with Crippen LogP contribution in [0.2, 0.25) is 0 Å². The first-order valence-electron chi connectivity index (χ1n) is 9.18. The molecule has 0 heterocycles. The number of amides is 1. The molecule has 0 aliphatic carbocycles. The van der Waals surface area contributed by atoms with Crippen molar-refractivity contribution in [2.24, 2.45) is 0 Å². The lowest BCUT2D eigenvalue weighted by molar-refractivity contribution is -0.771. The first-order chi connectivity index (χ1) is 13.1. The third kappa shape index (κ3) is 9.20. The lowest BCUT2D eigenvalue weighted by Crippen LogP contribution is -2.27. The Morgan fingerprint density at radius 2 is 1.93 bits per heavy atom. The number of nitrogens with one attached hydrogen (secondary N) is 1. The predicted octanol–water partition coefficient (Wildman–Crippen LogP) is 4.41. The van der Waals surface area contributed by atoms with E-state index in [4.69, 9.17) is 14.3 Å². The van der Waals surface area contributed by atoms with Gasteiger partial charge >= 0.3 is 12.1 Å². The molecule has 1 amide bonds. The van der Waals surface area contributed by atoms with Gasteiger partial charge in [0.25, 0.3) is 5.09 Å². The van der Waals surface area contributed by atoms with E-state index >= 15 is 0 Å². The first kappa shape index (κ1) is 23.2. The maximum Gasteiger partial charge on any atom is 0.412 e. The van der Waals surface area contributed by atoms with E-state index in [2.05, 4.69) is 5.32 Å². The normalized spacial score (nSPS) is 12.0. The van der Waals surface area contributed by atoms with E-state index in [0.29, 0.717) is 17.9 Å². The fourth-order valence-corrected chi connectivity index (χ4v) is 2.33. The second kappa shape index (κ2) is 11.1. The summed E-state index contributed by atoms with van der Waals surface area (Å²) in [6.45, 7) is 7.46. The highest BCUT2D eigenvalue weighted by molar-refractivity contribution is 5.86. The van der Waals surface area contributed by atoms with E-state index in [9.17, 15) is 19.7 Å². The summed E-state index contributed by atoms with van der Waals surface area (Å²) in [6.07, 6.45) is -0.117. The third-order valence-corrected chi connectivity index (χ3v) is 3.53. The molecule has 0 spiro atoms. The highest BCUT2D eigenvalue weighted by atomic mass is 17.0. The lowest BCUT2D eigenvalue weighted by Gasteiger charge is -2.22. The lowest BCUT2D eigenvalue weighted by atomic mass is 10.0. The van der Waals surface area contributed by atoms with Gasteiger partial charge in [-0.2, -0.15) is 0 Å². The highest BCUT2D eigenvalue weighted by Gasteiger charge is 2.23. The molecule has 1 N–H and O–H groups in total. The van der Waals surface area contributed by atoms with Gasteiger partial charge in [-0.05, 0) is 39.7 Å². The van der Waals surface area contributed by atoms with Crippen LogP contribution in [0.4, 0.5) is 10.5 Å². The minimum Gasteiger partial charge on any atom is -0.466 e. The SMILES string of the molecule is CCCCOC(=O)CCC(O[N+](=O)[O-])c1ccccc1NC(=O)OC(C)(C)C. The second-order valence-corrected chi connectivity index (χ2v) is 7.14. The first-order valence-corrected chi connectivity index (χ1v) is 9.18. The van der Waals surface area contributed by atoms with Crippen molar-refractivity contribution in [2.45, 2.75) is 65.1 Å². The van der Waals surface area contributed by atoms with E-state index < -0.39 is 28.9 Å². The molecule has 9 nitrogen and oxygen atoms in total. The van der Waals surface area contributed by atoms with E-state index in [0.717, 1.165) is 12.8 Å². The second-order valence-electron chi connectivity index (χ2n) is 7.14. The molecule has 0 fully saturated rings. The zero-order chi connectivity index (χ0) is 21.2. The Hall–Kier alpha value is -2.84. The average Bonchev–Trinajstić information content (AvgIpc) is 2.57. The molecule has 1 rings (SSSR count). The number of anilines is 1. The van der Waals surface area contributed by atoms with Crippen molar-refractivity contribution in [3.63, 3.8) is 0 Å². The van der Waals surface area contributed by atoms with Gasteiger partial charge in [-0.25, -0.2) is 4.79 Å². The van der Waals surface area contributed by atoms with Crippen LogP contribution in [0.25, 0.3) is 0 Å². The maximum atomic E-state index is 12.1. The van der Waals surface area contributed by atoms with Crippen molar-refractivity contribution in [3.05, 3.63) is 39.9 Å². The Morgan fingerprint density at radius 3 is 2.54 bits per heavy atom. The molecule has 0 aromatic heterocycles. The van der Waals surface area contributed by atoms with Gasteiger partial charge in [-0.1, -0.05) is 31.5 Å². The number of ether oxygens (including phenoxy) is 2. The summed E-state index contributed by atoms with van der Waals surface area (Å²) in [4.78, 5) is 39.5. The molecule has 0 radical (unpaired) electrons. The number of carbonyl (C=O) groups is 2. The molecule has 0 aliphatic heterocycles. The Balaban J connectivity index is 2.88. The van der Waals surface area contributed by atoms with Crippen LogP contribution in [0.3, 0.4) is 0 Å². The molecule has 1 unspecified atom stereocenters.